The van der Waals surface area contributed by atoms with Crippen LogP contribution in [0.4, 0.5) is 5.13 Å². The van der Waals surface area contributed by atoms with Gasteiger partial charge in [0.1, 0.15) is 0 Å². The van der Waals surface area contributed by atoms with E-state index >= 15 is 0 Å². The van der Waals surface area contributed by atoms with Gasteiger partial charge in [-0.3, -0.25) is 10.1 Å². The summed E-state index contributed by atoms with van der Waals surface area (Å²) in [5.74, 6) is -0.374. The molecule has 1 N–H and O–H groups in total. The average Bonchev–Trinajstić information content (AvgIpc) is 2.96. The van der Waals surface area contributed by atoms with E-state index in [4.69, 9.17) is 0 Å². The van der Waals surface area contributed by atoms with Crippen LogP contribution in [0.25, 0.3) is 11.3 Å². The molecular formula is C23H25N3O3S2. The van der Waals surface area contributed by atoms with E-state index < -0.39 is 10.0 Å². The van der Waals surface area contributed by atoms with Crippen molar-refractivity contribution in [2.45, 2.75) is 37.5 Å². The van der Waals surface area contributed by atoms with Crippen LogP contribution in [0.5, 0.6) is 0 Å². The van der Waals surface area contributed by atoms with Gasteiger partial charge in [-0.15, -0.1) is 11.3 Å². The van der Waals surface area contributed by atoms with Crippen LogP contribution in [-0.2, 0) is 10.0 Å². The van der Waals surface area contributed by atoms with E-state index in [1.54, 1.807) is 18.2 Å². The number of aryl methyl sites for hydroxylation is 1. The molecule has 1 fully saturated rings. The molecule has 2 aromatic carbocycles. The first-order chi connectivity index (χ1) is 14.9. The lowest BCUT2D eigenvalue weighted by atomic mass is 10.1. The van der Waals surface area contributed by atoms with E-state index in [2.05, 4.69) is 10.3 Å². The summed E-state index contributed by atoms with van der Waals surface area (Å²) in [7, 11) is -3.61. The zero-order valence-electron chi connectivity index (χ0n) is 17.4. The van der Waals surface area contributed by atoms with Gasteiger partial charge in [0.05, 0.1) is 10.6 Å². The van der Waals surface area contributed by atoms with E-state index in [1.165, 1.54) is 21.7 Å². The summed E-state index contributed by atoms with van der Waals surface area (Å²) in [6.07, 6.45) is 3.83. The molecule has 0 bridgehead atoms. The van der Waals surface area contributed by atoms with E-state index in [0.29, 0.717) is 23.8 Å². The number of carbonyl (C=O) groups is 1. The molecule has 1 amide bonds. The fraction of sp³-hybridized carbons (Fsp3) is 0.304. The largest absolute Gasteiger partial charge is 0.298 e. The molecule has 1 saturated heterocycles. The van der Waals surface area contributed by atoms with Gasteiger partial charge in [0.2, 0.25) is 10.0 Å². The zero-order chi connectivity index (χ0) is 21.8. The number of carbonyl (C=O) groups excluding carboxylic acids is 1. The maximum atomic E-state index is 13.1. The Morgan fingerprint density at radius 1 is 1.00 bits per heavy atom. The average molecular weight is 456 g/mol. The van der Waals surface area contributed by atoms with Crippen LogP contribution in [0.15, 0.2) is 59.5 Å². The summed E-state index contributed by atoms with van der Waals surface area (Å²) in [6.45, 7) is 3.02. The van der Waals surface area contributed by atoms with Crippen molar-refractivity contribution in [2.24, 2.45) is 0 Å². The molecule has 0 saturated carbocycles. The second-order valence-corrected chi connectivity index (χ2v) is 10.7. The maximum Gasteiger partial charge on any atom is 0.257 e. The molecule has 0 radical (unpaired) electrons. The van der Waals surface area contributed by atoms with Crippen LogP contribution >= 0.6 is 11.3 Å². The number of amides is 1. The van der Waals surface area contributed by atoms with Gasteiger partial charge in [-0.1, -0.05) is 49.2 Å². The molecule has 0 aliphatic carbocycles. The Morgan fingerprint density at radius 2 is 1.71 bits per heavy atom. The Morgan fingerprint density at radius 3 is 2.42 bits per heavy atom. The molecule has 1 aliphatic rings. The van der Waals surface area contributed by atoms with Crippen LogP contribution in [-0.4, -0.2) is 36.7 Å². The summed E-state index contributed by atoms with van der Waals surface area (Å²) in [5.41, 5.74) is 2.12. The minimum absolute atomic E-state index is 0.155. The third-order valence-electron chi connectivity index (χ3n) is 5.36. The van der Waals surface area contributed by atoms with Crippen molar-refractivity contribution in [2.75, 3.05) is 18.4 Å². The number of aromatic nitrogens is 1. The Balaban J connectivity index is 1.54. The molecule has 4 rings (SSSR count). The molecular weight excluding hydrogens is 430 g/mol. The SMILES string of the molecule is Cc1sc(NC(=O)c2cccc(S(=O)(=O)N3CCCCCC3)c2)nc1-c1ccccc1. The first-order valence-electron chi connectivity index (χ1n) is 10.4. The number of hydrogen-bond acceptors (Lipinski definition) is 5. The first-order valence-corrected chi connectivity index (χ1v) is 12.7. The number of benzene rings is 2. The van der Waals surface area contributed by atoms with Crippen molar-refractivity contribution in [3.63, 3.8) is 0 Å². The van der Waals surface area contributed by atoms with Gasteiger partial charge >= 0.3 is 0 Å². The van der Waals surface area contributed by atoms with Crippen molar-refractivity contribution in [3.8, 4) is 11.3 Å². The lowest BCUT2D eigenvalue weighted by molar-refractivity contribution is 0.102. The van der Waals surface area contributed by atoms with Gasteiger partial charge in [-0.05, 0) is 38.0 Å². The summed E-state index contributed by atoms with van der Waals surface area (Å²) < 4.78 is 27.7. The topological polar surface area (TPSA) is 79.4 Å². The van der Waals surface area contributed by atoms with Crippen LogP contribution in [0.3, 0.4) is 0 Å². The number of nitrogens with zero attached hydrogens (tertiary/aromatic N) is 2. The van der Waals surface area contributed by atoms with Crippen LogP contribution < -0.4 is 5.32 Å². The lowest BCUT2D eigenvalue weighted by Crippen LogP contribution is -2.32. The van der Waals surface area contributed by atoms with E-state index in [9.17, 15) is 13.2 Å². The Kier molecular flexibility index (Phi) is 6.50. The van der Waals surface area contributed by atoms with Crippen LogP contribution in [0, 0.1) is 6.92 Å². The molecule has 0 unspecified atom stereocenters. The van der Waals surface area contributed by atoms with E-state index in [0.717, 1.165) is 41.8 Å². The van der Waals surface area contributed by atoms with Gasteiger partial charge < -0.3 is 0 Å². The zero-order valence-corrected chi connectivity index (χ0v) is 19.0. The fourth-order valence-electron chi connectivity index (χ4n) is 3.71. The van der Waals surface area contributed by atoms with Crippen LogP contribution in [0.1, 0.15) is 40.9 Å². The van der Waals surface area contributed by atoms with Crippen molar-refractivity contribution < 1.29 is 13.2 Å². The van der Waals surface area contributed by atoms with Crippen molar-refractivity contribution in [1.82, 2.24) is 9.29 Å². The van der Waals surface area contributed by atoms with Gasteiger partial charge in [0.15, 0.2) is 5.13 Å². The number of thiazole rings is 1. The summed E-state index contributed by atoms with van der Waals surface area (Å²) in [5, 5.41) is 3.31. The molecule has 0 atom stereocenters. The predicted molar refractivity (Wildman–Crippen MR) is 124 cm³/mol. The third kappa shape index (κ3) is 4.87. The molecule has 8 heteroatoms. The fourth-order valence-corrected chi connectivity index (χ4v) is 6.11. The van der Waals surface area contributed by atoms with Crippen LogP contribution in [0.2, 0.25) is 0 Å². The minimum Gasteiger partial charge on any atom is -0.298 e. The maximum absolute atomic E-state index is 13.1. The van der Waals surface area contributed by atoms with Gasteiger partial charge in [-0.25, -0.2) is 13.4 Å². The standard InChI is InChI=1S/C23H25N3O3S2/c1-17-21(18-10-5-4-6-11-18)24-23(30-17)25-22(27)19-12-9-13-20(16-19)31(28,29)26-14-7-2-3-8-15-26/h4-6,9-13,16H,2-3,7-8,14-15H2,1H3,(H,24,25,27). The predicted octanol–water partition coefficient (Wildman–Crippen LogP) is 4.94. The molecule has 31 heavy (non-hydrogen) atoms. The summed E-state index contributed by atoms with van der Waals surface area (Å²) >= 11 is 1.40. The van der Waals surface area contributed by atoms with E-state index in [1.807, 2.05) is 37.3 Å². The molecule has 1 aliphatic heterocycles. The molecule has 2 heterocycles. The quantitative estimate of drug-likeness (QED) is 0.591. The number of anilines is 1. The molecule has 1 aromatic heterocycles. The molecule has 0 spiro atoms. The number of rotatable bonds is 5. The number of nitrogens with one attached hydrogen (secondary N) is 1. The highest BCUT2D eigenvalue weighted by atomic mass is 32.2. The monoisotopic (exact) mass is 455 g/mol. The highest BCUT2D eigenvalue weighted by molar-refractivity contribution is 7.89. The molecule has 162 valence electrons. The summed E-state index contributed by atoms with van der Waals surface area (Å²) in [6, 6.07) is 16.0. The highest BCUT2D eigenvalue weighted by Crippen LogP contribution is 2.30. The Bertz CT molecular complexity index is 1170. The highest BCUT2D eigenvalue weighted by Gasteiger charge is 2.26. The third-order valence-corrected chi connectivity index (χ3v) is 8.14. The van der Waals surface area contributed by atoms with Crippen molar-refractivity contribution in [3.05, 3.63) is 65.0 Å². The normalized spacial score (nSPS) is 15.4. The lowest BCUT2D eigenvalue weighted by Gasteiger charge is -2.20. The van der Waals surface area contributed by atoms with E-state index in [-0.39, 0.29) is 10.8 Å². The Labute approximate surface area is 187 Å². The van der Waals surface area contributed by atoms with Gasteiger partial charge in [0, 0.05) is 29.1 Å². The smallest absolute Gasteiger partial charge is 0.257 e. The first kappa shape index (κ1) is 21.7. The second-order valence-electron chi connectivity index (χ2n) is 7.59. The number of hydrogen-bond donors (Lipinski definition) is 1. The van der Waals surface area contributed by atoms with Gasteiger partial charge in [0.25, 0.3) is 5.91 Å². The van der Waals surface area contributed by atoms with Crippen molar-refractivity contribution >= 4 is 32.4 Å². The Hall–Kier alpha value is -2.55. The minimum atomic E-state index is -3.61. The molecule has 6 nitrogen and oxygen atoms in total. The van der Waals surface area contributed by atoms with Crippen molar-refractivity contribution in [1.29, 1.82) is 0 Å². The second kappa shape index (κ2) is 9.30. The number of sulfonamides is 1. The van der Waals surface area contributed by atoms with Gasteiger partial charge in [-0.2, -0.15) is 4.31 Å². The molecule has 3 aromatic rings. The summed E-state index contributed by atoms with van der Waals surface area (Å²) in [4.78, 5) is 18.5.